The van der Waals surface area contributed by atoms with Gasteiger partial charge in [0.25, 0.3) is 0 Å². The molecule has 0 heterocycles. The third-order valence-corrected chi connectivity index (χ3v) is 3.53. The highest BCUT2D eigenvalue weighted by atomic mass is 16.4. The minimum absolute atomic E-state index is 0.483. The van der Waals surface area contributed by atoms with Crippen LogP contribution in [0.5, 0.6) is 0 Å². The van der Waals surface area contributed by atoms with Crippen LogP contribution in [0.25, 0.3) is 0 Å². The highest BCUT2D eigenvalue weighted by Crippen LogP contribution is 2.40. The molecular weight excluding hydrogens is 199 g/mol. The lowest BCUT2D eigenvalue weighted by Gasteiger charge is -2.13. The smallest absolute Gasteiger partial charge is 0.423 e. The summed E-state index contributed by atoms with van der Waals surface area (Å²) >= 11 is 0. The number of hydrogen-bond donors (Lipinski definition) is 2. The molecule has 1 aliphatic carbocycles. The summed E-state index contributed by atoms with van der Waals surface area (Å²) in [5.41, 5.74) is 3.15. The van der Waals surface area contributed by atoms with Crippen LogP contribution in [0.4, 0.5) is 0 Å². The SMILES string of the molecule is CCC(C)c1cc(B(O)O)cc(C2CC2)c1. The maximum Gasteiger partial charge on any atom is 0.488 e. The molecule has 1 saturated carbocycles. The van der Waals surface area contributed by atoms with Gasteiger partial charge >= 0.3 is 7.12 Å². The van der Waals surface area contributed by atoms with Crippen molar-refractivity contribution in [3.8, 4) is 0 Å². The van der Waals surface area contributed by atoms with Crippen molar-refractivity contribution in [3.05, 3.63) is 29.3 Å². The van der Waals surface area contributed by atoms with Crippen molar-refractivity contribution in [2.24, 2.45) is 0 Å². The van der Waals surface area contributed by atoms with E-state index < -0.39 is 7.12 Å². The van der Waals surface area contributed by atoms with Gasteiger partial charge in [0, 0.05) is 0 Å². The van der Waals surface area contributed by atoms with Crippen LogP contribution in [-0.2, 0) is 0 Å². The van der Waals surface area contributed by atoms with Gasteiger partial charge in [-0.05, 0) is 47.7 Å². The topological polar surface area (TPSA) is 40.5 Å². The minimum Gasteiger partial charge on any atom is -0.423 e. The molecule has 1 unspecified atom stereocenters. The van der Waals surface area contributed by atoms with Crippen LogP contribution >= 0.6 is 0 Å². The Kier molecular flexibility index (Phi) is 3.36. The lowest BCUT2D eigenvalue weighted by molar-refractivity contribution is 0.425. The molecule has 3 heteroatoms. The maximum absolute atomic E-state index is 9.28. The van der Waals surface area contributed by atoms with Crippen LogP contribution in [0.1, 0.15) is 56.1 Å². The summed E-state index contributed by atoms with van der Waals surface area (Å²) < 4.78 is 0. The molecule has 0 spiro atoms. The van der Waals surface area contributed by atoms with Gasteiger partial charge in [0.1, 0.15) is 0 Å². The first kappa shape index (κ1) is 11.7. The quantitative estimate of drug-likeness (QED) is 0.756. The summed E-state index contributed by atoms with van der Waals surface area (Å²) in [5, 5.41) is 18.6. The van der Waals surface area contributed by atoms with Crippen molar-refractivity contribution < 1.29 is 10.0 Å². The molecule has 0 bridgehead atoms. The van der Waals surface area contributed by atoms with E-state index in [1.807, 2.05) is 12.1 Å². The highest BCUT2D eigenvalue weighted by Gasteiger charge is 2.26. The minimum atomic E-state index is -1.35. The summed E-state index contributed by atoms with van der Waals surface area (Å²) in [6.45, 7) is 4.34. The van der Waals surface area contributed by atoms with Gasteiger partial charge in [0.05, 0.1) is 0 Å². The monoisotopic (exact) mass is 218 g/mol. The largest absolute Gasteiger partial charge is 0.488 e. The molecule has 16 heavy (non-hydrogen) atoms. The predicted octanol–water partition coefficient (Wildman–Crippen LogP) is 1.76. The van der Waals surface area contributed by atoms with Crippen molar-refractivity contribution in [1.29, 1.82) is 0 Å². The lowest BCUT2D eigenvalue weighted by atomic mass is 9.77. The van der Waals surface area contributed by atoms with Crippen LogP contribution in [0.2, 0.25) is 0 Å². The Morgan fingerprint density at radius 3 is 2.50 bits per heavy atom. The summed E-state index contributed by atoms with van der Waals surface area (Å²) in [6.07, 6.45) is 3.56. The van der Waals surface area contributed by atoms with Crippen LogP contribution in [0.15, 0.2) is 18.2 Å². The molecule has 1 atom stereocenters. The first-order chi connectivity index (χ1) is 7.61. The zero-order chi connectivity index (χ0) is 11.7. The molecule has 1 fully saturated rings. The molecule has 0 aromatic heterocycles. The van der Waals surface area contributed by atoms with E-state index in [-0.39, 0.29) is 0 Å². The molecule has 2 N–H and O–H groups in total. The standard InChI is InChI=1S/C13H19BO2/c1-3-9(2)11-6-12(10-4-5-10)8-13(7-11)14(15)16/h6-10,15-16H,3-5H2,1-2H3. The molecule has 1 aromatic rings. The maximum atomic E-state index is 9.28. The molecule has 0 saturated heterocycles. The van der Waals surface area contributed by atoms with E-state index in [9.17, 15) is 10.0 Å². The van der Waals surface area contributed by atoms with Gasteiger partial charge in [-0.15, -0.1) is 0 Å². The van der Waals surface area contributed by atoms with Gasteiger partial charge in [-0.1, -0.05) is 32.0 Å². The molecule has 0 amide bonds. The second-order valence-electron chi connectivity index (χ2n) is 4.89. The zero-order valence-electron chi connectivity index (χ0n) is 9.98. The van der Waals surface area contributed by atoms with Crippen molar-refractivity contribution in [3.63, 3.8) is 0 Å². The van der Waals surface area contributed by atoms with Crippen LogP contribution in [0.3, 0.4) is 0 Å². The first-order valence-electron chi connectivity index (χ1n) is 6.12. The average molecular weight is 218 g/mol. The van der Waals surface area contributed by atoms with E-state index >= 15 is 0 Å². The lowest BCUT2D eigenvalue weighted by Crippen LogP contribution is -2.30. The summed E-state index contributed by atoms with van der Waals surface area (Å²) in [4.78, 5) is 0. The van der Waals surface area contributed by atoms with E-state index in [2.05, 4.69) is 19.9 Å². The van der Waals surface area contributed by atoms with Crippen molar-refractivity contribution >= 4 is 12.6 Å². The first-order valence-corrected chi connectivity index (χ1v) is 6.12. The van der Waals surface area contributed by atoms with E-state index in [4.69, 9.17) is 0 Å². The second kappa shape index (κ2) is 4.60. The van der Waals surface area contributed by atoms with Crippen LogP contribution in [0, 0.1) is 0 Å². The molecule has 86 valence electrons. The number of hydrogen-bond acceptors (Lipinski definition) is 2. The molecule has 0 radical (unpaired) electrons. The third-order valence-electron chi connectivity index (χ3n) is 3.53. The van der Waals surface area contributed by atoms with E-state index in [0.717, 1.165) is 6.42 Å². The fourth-order valence-corrected chi connectivity index (χ4v) is 2.02. The fourth-order valence-electron chi connectivity index (χ4n) is 2.02. The fraction of sp³-hybridized carbons (Fsp3) is 0.538. The highest BCUT2D eigenvalue weighted by molar-refractivity contribution is 6.58. The predicted molar refractivity (Wildman–Crippen MR) is 66.9 cm³/mol. The van der Waals surface area contributed by atoms with Gasteiger partial charge in [0.2, 0.25) is 0 Å². The van der Waals surface area contributed by atoms with Gasteiger partial charge in [-0.2, -0.15) is 0 Å². The molecular formula is C13H19BO2. The molecule has 2 nitrogen and oxygen atoms in total. The Hall–Kier alpha value is -0.795. The third kappa shape index (κ3) is 2.47. The number of rotatable bonds is 4. The van der Waals surface area contributed by atoms with E-state index in [1.54, 1.807) is 0 Å². The zero-order valence-corrected chi connectivity index (χ0v) is 9.98. The number of benzene rings is 1. The Balaban J connectivity index is 2.36. The summed E-state index contributed by atoms with van der Waals surface area (Å²) in [5.74, 6) is 1.14. The van der Waals surface area contributed by atoms with Crippen molar-refractivity contribution in [2.75, 3.05) is 0 Å². The molecule has 0 aliphatic heterocycles. The second-order valence-corrected chi connectivity index (χ2v) is 4.89. The van der Waals surface area contributed by atoms with E-state index in [1.165, 1.54) is 24.0 Å². The van der Waals surface area contributed by atoms with Gasteiger partial charge < -0.3 is 10.0 Å². The van der Waals surface area contributed by atoms with Gasteiger partial charge in [-0.25, -0.2) is 0 Å². The Labute approximate surface area is 97.5 Å². The Bertz CT molecular complexity index is 352. The summed E-state index contributed by atoms with van der Waals surface area (Å²) in [7, 11) is -1.35. The van der Waals surface area contributed by atoms with Crippen molar-refractivity contribution in [1.82, 2.24) is 0 Å². The van der Waals surface area contributed by atoms with Crippen LogP contribution < -0.4 is 5.46 Å². The van der Waals surface area contributed by atoms with Gasteiger partial charge in [0.15, 0.2) is 0 Å². The van der Waals surface area contributed by atoms with Crippen molar-refractivity contribution in [2.45, 2.75) is 44.9 Å². The average Bonchev–Trinajstić information content (AvgIpc) is 3.11. The molecule has 1 aromatic carbocycles. The molecule has 1 aliphatic rings. The molecule has 2 rings (SSSR count). The normalized spacial score (nSPS) is 17.2. The Morgan fingerprint density at radius 2 is 2.00 bits per heavy atom. The van der Waals surface area contributed by atoms with Gasteiger partial charge in [-0.3, -0.25) is 0 Å². The van der Waals surface area contributed by atoms with E-state index in [0.29, 0.717) is 17.3 Å². The Morgan fingerprint density at radius 1 is 1.31 bits per heavy atom. The summed E-state index contributed by atoms with van der Waals surface area (Å²) in [6, 6.07) is 6.09. The van der Waals surface area contributed by atoms with Crippen LogP contribution in [-0.4, -0.2) is 17.2 Å².